The van der Waals surface area contributed by atoms with Crippen molar-refractivity contribution >= 4 is 20.9 Å². The first-order valence-corrected chi connectivity index (χ1v) is 6.21. The summed E-state index contributed by atoms with van der Waals surface area (Å²) in [6, 6.07) is 0. The maximum Gasteiger partial charge on any atom is 0.216 e. The van der Waals surface area contributed by atoms with Gasteiger partial charge in [0.1, 0.15) is 6.61 Å². The van der Waals surface area contributed by atoms with E-state index in [-0.39, 0.29) is 0 Å². The molecule has 0 fully saturated rings. The number of terminal acetylenes is 1. The Hall–Kier alpha value is -0.0600. The second kappa shape index (κ2) is 10.0. The third-order valence-corrected chi connectivity index (χ3v) is 2.61. The largest absolute Gasteiger partial charge is 0.378 e. The minimum Gasteiger partial charge on any atom is -0.378 e. The molecule has 6 heteroatoms. The first-order valence-electron chi connectivity index (χ1n) is 3.60. The van der Waals surface area contributed by atoms with Gasteiger partial charge in [-0.3, -0.25) is 4.55 Å². The Kier molecular flexibility index (Phi) is 9.98. The summed E-state index contributed by atoms with van der Waals surface area (Å²) in [7, 11) is -0.868. The van der Waals surface area contributed by atoms with E-state index in [1.54, 1.807) is 0 Å². The molecule has 1 atom stereocenters. The molecular weight excluding hydrogens is 212 g/mol. The lowest BCUT2D eigenvalue weighted by molar-refractivity contribution is 0.0675. The SMILES string of the molecule is C#CCOCCOCCSS(=O)O. The summed E-state index contributed by atoms with van der Waals surface area (Å²) in [5.74, 6) is 2.83. The fourth-order valence-corrected chi connectivity index (χ4v) is 1.48. The van der Waals surface area contributed by atoms with Crippen molar-refractivity contribution in [2.24, 2.45) is 0 Å². The molecule has 0 saturated heterocycles. The average molecular weight is 224 g/mol. The number of hydrogen-bond acceptors (Lipinski definition) is 4. The van der Waals surface area contributed by atoms with Gasteiger partial charge >= 0.3 is 0 Å². The highest BCUT2D eigenvalue weighted by molar-refractivity contribution is 8.67. The number of hydrogen-bond donors (Lipinski definition) is 1. The molecule has 1 N–H and O–H groups in total. The van der Waals surface area contributed by atoms with Crippen molar-refractivity contribution < 1.29 is 18.2 Å². The molecule has 0 aromatic rings. The van der Waals surface area contributed by atoms with Gasteiger partial charge in [0.05, 0.1) is 19.8 Å². The quantitative estimate of drug-likeness (QED) is 0.282. The van der Waals surface area contributed by atoms with Gasteiger partial charge in [0, 0.05) is 5.75 Å². The highest BCUT2D eigenvalue weighted by atomic mass is 33.1. The molecule has 0 aromatic heterocycles. The third kappa shape index (κ3) is 11.9. The van der Waals surface area contributed by atoms with Gasteiger partial charge in [-0.2, -0.15) is 0 Å². The molecule has 0 aliphatic carbocycles. The van der Waals surface area contributed by atoms with Crippen LogP contribution >= 0.6 is 10.8 Å². The number of ether oxygens (including phenoxy) is 2. The van der Waals surface area contributed by atoms with Crippen LogP contribution in [0.2, 0.25) is 0 Å². The maximum absolute atomic E-state index is 10.1. The van der Waals surface area contributed by atoms with E-state index in [1.165, 1.54) is 0 Å². The molecule has 76 valence electrons. The van der Waals surface area contributed by atoms with Crippen LogP contribution in [-0.2, 0) is 19.6 Å². The summed E-state index contributed by atoms with van der Waals surface area (Å²) >= 11 is 0. The molecule has 4 nitrogen and oxygen atoms in total. The third-order valence-electron chi connectivity index (χ3n) is 0.969. The van der Waals surface area contributed by atoms with E-state index >= 15 is 0 Å². The van der Waals surface area contributed by atoms with Gasteiger partial charge in [-0.05, 0) is 10.8 Å². The molecule has 13 heavy (non-hydrogen) atoms. The zero-order valence-electron chi connectivity index (χ0n) is 7.10. The summed E-state index contributed by atoms with van der Waals surface area (Å²) in [5.41, 5.74) is 0. The highest BCUT2D eigenvalue weighted by Gasteiger charge is 1.94. The van der Waals surface area contributed by atoms with E-state index in [2.05, 4.69) is 5.92 Å². The summed E-state index contributed by atoms with van der Waals surface area (Å²) in [6.45, 7) is 1.65. The van der Waals surface area contributed by atoms with Gasteiger partial charge in [0.2, 0.25) is 10.1 Å². The van der Waals surface area contributed by atoms with E-state index in [0.717, 1.165) is 10.8 Å². The van der Waals surface area contributed by atoms with E-state index in [0.29, 0.717) is 32.2 Å². The fourth-order valence-electron chi connectivity index (χ4n) is 0.515. The molecule has 0 heterocycles. The molecule has 0 bridgehead atoms. The average Bonchev–Trinajstić information content (AvgIpc) is 2.09. The predicted molar refractivity (Wildman–Crippen MR) is 53.7 cm³/mol. The van der Waals surface area contributed by atoms with Crippen LogP contribution in [0.15, 0.2) is 0 Å². The minimum atomic E-state index is -1.80. The van der Waals surface area contributed by atoms with Gasteiger partial charge in [0.25, 0.3) is 0 Å². The highest BCUT2D eigenvalue weighted by Crippen LogP contribution is 2.02. The van der Waals surface area contributed by atoms with Crippen molar-refractivity contribution in [3.8, 4) is 12.3 Å². The molecule has 0 amide bonds. The lowest BCUT2D eigenvalue weighted by atomic mass is 10.7. The van der Waals surface area contributed by atoms with Crippen LogP contribution in [0.4, 0.5) is 0 Å². The predicted octanol–water partition coefficient (Wildman–Crippen LogP) is 0.523. The summed E-state index contributed by atoms with van der Waals surface area (Å²) in [5, 5.41) is 0. The van der Waals surface area contributed by atoms with Gasteiger partial charge in [-0.25, -0.2) is 4.21 Å². The molecule has 0 rings (SSSR count). The van der Waals surface area contributed by atoms with Crippen LogP contribution in [0, 0.1) is 12.3 Å². The van der Waals surface area contributed by atoms with Crippen LogP contribution in [-0.4, -0.2) is 40.9 Å². The monoisotopic (exact) mass is 224 g/mol. The second-order valence-electron chi connectivity index (χ2n) is 1.91. The van der Waals surface area contributed by atoms with Crippen molar-refractivity contribution in [1.82, 2.24) is 0 Å². The van der Waals surface area contributed by atoms with E-state index in [4.69, 9.17) is 20.4 Å². The summed E-state index contributed by atoms with van der Waals surface area (Å²) in [4.78, 5) is 0. The van der Waals surface area contributed by atoms with Crippen LogP contribution < -0.4 is 0 Å². The molecule has 0 spiro atoms. The van der Waals surface area contributed by atoms with Crippen LogP contribution in [0.1, 0.15) is 0 Å². The van der Waals surface area contributed by atoms with Crippen molar-refractivity contribution in [3.05, 3.63) is 0 Å². The van der Waals surface area contributed by atoms with Crippen LogP contribution in [0.5, 0.6) is 0 Å². The Balaban J connectivity index is 2.92. The maximum atomic E-state index is 10.1. The molecule has 0 aliphatic heterocycles. The lowest BCUT2D eigenvalue weighted by Crippen LogP contribution is -2.06. The first-order chi connectivity index (χ1) is 6.27. The Bertz CT molecular complexity index is 178. The minimum absolute atomic E-state index is 0.290. The lowest BCUT2D eigenvalue weighted by Gasteiger charge is -2.02. The molecule has 0 aliphatic rings. The van der Waals surface area contributed by atoms with Crippen LogP contribution in [0.3, 0.4) is 0 Å². The van der Waals surface area contributed by atoms with Gasteiger partial charge in [0.15, 0.2) is 0 Å². The van der Waals surface area contributed by atoms with E-state index in [9.17, 15) is 4.21 Å². The Morgan fingerprint density at radius 1 is 1.38 bits per heavy atom. The Morgan fingerprint density at radius 2 is 2.08 bits per heavy atom. The van der Waals surface area contributed by atoms with Crippen molar-refractivity contribution in [2.75, 3.05) is 32.2 Å². The molecular formula is C7H12O4S2. The smallest absolute Gasteiger partial charge is 0.216 e. The molecule has 0 radical (unpaired) electrons. The van der Waals surface area contributed by atoms with Gasteiger partial charge < -0.3 is 9.47 Å². The molecule has 0 saturated carbocycles. The van der Waals surface area contributed by atoms with E-state index < -0.39 is 10.1 Å². The Morgan fingerprint density at radius 3 is 2.69 bits per heavy atom. The fraction of sp³-hybridized carbons (Fsp3) is 0.714. The summed E-state index contributed by atoms with van der Waals surface area (Å²) < 4.78 is 28.5. The van der Waals surface area contributed by atoms with Crippen molar-refractivity contribution in [3.63, 3.8) is 0 Å². The number of rotatable bonds is 8. The van der Waals surface area contributed by atoms with Gasteiger partial charge in [-0.15, -0.1) is 6.42 Å². The van der Waals surface area contributed by atoms with Gasteiger partial charge in [-0.1, -0.05) is 5.92 Å². The Labute approximate surface area is 84.1 Å². The van der Waals surface area contributed by atoms with Crippen molar-refractivity contribution in [1.29, 1.82) is 0 Å². The van der Waals surface area contributed by atoms with Crippen molar-refractivity contribution in [2.45, 2.75) is 0 Å². The molecule has 0 aromatic carbocycles. The normalized spacial score (nSPS) is 12.3. The summed E-state index contributed by atoms with van der Waals surface area (Å²) in [6.07, 6.45) is 4.94. The molecule has 1 unspecified atom stereocenters. The standard InChI is InChI=1S/C7H12O4S2/c1-2-3-10-4-5-11-6-7-12-13(8)9/h1H,3-7H2,(H,8,9). The first kappa shape index (κ1) is 12.9. The van der Waals surface area contributed by atoms with Crippen LogP contribution in [0.25, 0.3) is 0 Å². The second-order valence-corrected chi connectivity index (χ2v) is 4.55. The zero-order chi connectivity index (χ0) is 9.94. The van der Waals surface area contributed by atoms with E-state index in [1.807, 2.05) is 0 Å². The zero-order valence-corrected chi connectivity index (χ0v) is 8.73. The topological polar surface area (TPSA) is 55.8 Å².